The van der Waals surface area contributed by atoms with Crippen molar-refractivity contribution in [1.29, 1.82) is 0 Å². The zero-order valence-corrected chi connectivity index (χ0v) is 8.29. The van der Waals surface area contributed by atoms with Crippen LogP contribution in [0.5, 0.6) is 0 Å². The van der Waals surface area contributed by atoms with Gasteiger partial charge < -0.3 is 4.74 Å². The third-order valence-electron chi connectivity index (χ3n) is 3.14. The summed E-state index contributed by atoms with van der Waals surface area (Å²) in [6, 6.07) is 0. The van der Waals surface area contributed by atoms with Crippen molar-refractivity contribution in [3.05, 3.63) is 11.6 Å². The molecule has 2 rings (SSSR count). The lowest BCUT2D eigenvalue weighted by atomic mass is 10.00. The van der Waals surface area contributed by atoms with Crippen molar-refractivity contribution in [2.45, 2.75) is 25.7 Å². The number of carbonyl (C=O) groups excluding carboxylic acids is 2. The van der Waals surface area contributed by atoms with Gasteiger partial charge in [0, 0.05) is 12.8 Å². The molecule has 14 heavy (non-hydrogen) atoms. The van der Waals surface area contributed by atoms with E-state index in [0.717, 1.165) is 12.8 Å². The first kappa shape index (κ1) is 9.44. The fourth-order valence-corrected chi connectivity index (χ4v) is 2.51. The first-order valence-corrected chi connectivity index (χ1v) is 4.99. The standard InChI is InChI=1S/C11H14O3/c1-14-11(13)4-7-2-8-5-10(12)6-9(8)3-7/h5,7,9H,2-4,6H2,1H3. The van der Waals surface area contributed by atoms with Gasteiger partial charge in [0.1, 0.15) is 0 Å². The number of esters is 1. The van der Waals surface area contributed by atoms with Gasteiger partial charge >= 0.3 is 5.97 Å². The molecular formula is C11H14O3. The van der Waals surface area contributed by atoms with Crippen LogP contribution in [0.1, 0.15) is 25.7 Å². The van der Waals surface area contributed by atoms with Crippen LogP contribution in [0.25, 0.3) is 0 Å². The van der Waals surface area contributed by atoms with Gasteiger partial charge in [-0.25, -0.2) is 0 Å². The monoisotopic (exact) mass is 194 g/mol. The second kappa shape index (κ2) is 3.56. The summed E-state index contributed by atoms with van der Waals surface area (Å²) >= 11 is 0. The van der Waals surface area contributed by atoms with Crippen molar-refractivity contribution in [1.82, 2.24) is 0 Å². The van der Waals surface area contributed by atoms with Crippen molar-refractivity contribution in [3.63, 3.8) is 0 Å². The Hall–Kier alpha value is -1.12. The molecule has 0 aromatic carbocycles. The Kier molecular flexibility index (Phi) is 2.40. The molecular weight excluding hydrogens is 180 g/mol. The fraction of sp³-hybridized carbons (Fsp3) is 0.636. The lowest BCUT2D eigenvalue weighted by Crippen LogP contribution is -2.08. The van der Waals surface area contributed by atoms with E-state index in [2.05, 4.69) is 4.74 Å². The van der Waals surface area contributed by atoms with Crippen LogP contribution >= 0.6 is 0 Å². The average Bonchev–Trinajstić information content (AvgIpc) is 2.60. The Morgan fingerprint density at radius 2 is 2.36 bits per heavy atom. The van der Waals surface area contributed by atoms with Gasteiger partial charge in [-0.3, -0.25) is 9.59 Å². The Balaban J connectivity index is 1.93. The molecule has 0 spiro atoms. The van der Waals surface area contributed by atoms with Crippen LogP contribution in [-0.4, -0.2) is 18.9 Å². The Morgan fingerprint density at radius 3 is 3.00 bits per heavy atom. The molecule has 0 heterocycles. The highest BCUT2D eigenvalue weighted by Gasteiger charge is 2.35. The second-order valence-electron chi connectivity index (χ2n) is 4.17. The van der Waals surface area contributed by atoms with E-state index in [1.165, 1.54) is 12.7 Å². The third-order valence-corrected chi connectivity index (χ3v) is 3.14. The number of allylic oxidation sites excluding steroid dienone is 2. The van der Waals surface area contributed by atoms with E-state index in [9.17, 15) is 9.59 Å². The van der Waals surface area contributed by atoms with Crippen molar-refractivity contribution in [2.75, 3.05) is 7.11 Å². The number of carbonyl (C=O) groups is 2. The first-order valence-electron chi connectivity index (χ1n) is 4.99. The number of methoxy groups -OCH3 is 1. The molecule has 0 saturated heterocycles. The van der Waals surface area contributed by atoms with Gasteiger partial charge in [-0.05, 0) is 30.8 Å². The lowest BCUT2D eigenvalue weighted by Gasteiger charge is -2.07. The van der Waals surface area contributed by atoms with Crippen molar-refractivity contribution in [2.24, 2.45) is 11.8 Å². The first-order chi connectivity index (χ1) is 6.69. The van der Waals surface area contributed by atoms with E-state index in [1.54, 1.807) is 6.08 Å². The molecule has 1 saturated carbocycles. The molecule has 0 aromatic heterocycles. The van der Waals surface area contributed by atoms with Gasteiger partial charge in [0.25, 0.3) is 0 Å². The van der Waals surface area contributed by atoms with E-state index in [-0.39, 0.29) is 11.8 Å². The normalized spacial score (nSPS) is 30.1. The molecule has 2 atom stereocenters. The predicted molar refractivity (Wildman–Crippen MR) is 50.6 cm³/mol. The summed E-state index contributed by atoms with van der Waals surface area (Å²) in [6.07, 6.45) is 4.81. The zero-order valence-electron chi connectivity index (χ0n) is 8.29. The van der Waals surface area contributed by atoms with Gasteiger partial charge in [-0.1, -0.05) is 5.57 Å². The minimum Gasteiger partial charge on any atom is -0.469 e. The summed E-state index contributed by atoms with van der Waals surface area (Å²) in [5.41, 5.74) is 1.25. The highest BCUT2D eigenvalue weighted by Crippen LogP contribution is 2.43. The molecule has 3 nitrogen and oxygen atoms in total. The molecule has 2 aliphatic carbocycles. The third kappa shape index (κ3) is 1.72. The van der Waals surface area contributed by atoms with Crippen LogP contribution in [0, 0.1) is 11.8 Å². The van der Waals surface area contributed by atoms with Crippen LogP contribution in [0.3, 0.4) is 0 Å². The van der Waals surface area contributed by atoms with E-state index in [1.807, 2.05) is 0 Å². The van der Waals surface area contributed by atoms with Crippen LogP contribution in [0.15, 0.2) is 11.6 Å². The molecule has 0 bridgehead atoms. The van der Waals surface area contributed by atoms with Gasteiger partial charge in [0.2, 0.25) is 0 Å². The number of rotatable bonds is 2. The highest BCUT2D eigenvalue weighted by molar-refractivity contribution is 5.93. The van der Waals surface area contributed by atoms with Crippen molar-refractivity contribution in [3.8, 4) is 0 Å². The molecule has 0 aliphatic heterocycles. The molecule has 0 amide bonds. The lowest BCUT2D eigenvalue weighted by molar-refractivity contribution is -0.141. The Morgan fingerprint density at radius 1 is 1.57 bits per heavy atom. The van der Waals surface area contributed by atoms with Crippen LogP contribution in [-0.2, 0) is 14.3 Å². The number of ketones is 1. The molecule has 0 radical (unpaired) electrons. The second-order valence-corrected chi connectivity index (χ2v) is 4.17. The van der Waals surface area contributed by atoms with E-state index >= 15 is 0 Å². The number of fused-ring (bicyclic) bond motifs is 1. The summed E-state index contributed by atoms with van der Waals surface area (Å²) in [5, 5.41) is 0. The molecule has 3 heteroatoms. The minimum absolute atomic E-state index is 0.137. The molecule has 76 valence electrons. The Bertz CT molecular complexity index is 304. The molecule has 2 aliphatic rings. The maximum atomic E-state index is 11.1. The SMILES string of the molecule is COC(=O)CC1CC2=CC(=O)CC2C1. The van der Waals surface area contributed by atoms with Crippen LogP contribution < -0.4 is 0 Å². The van der Waals surface area contributed by atoms with Gasteiger partial charge in [-0.2, -0.15) is 0 Å². The van der Waals surface area contributed by atoms with Gasteiger partial charge in [-0.15, -0.1) is 0 Å². The minimum atomic E-state index is -0.137. The van der Waals surface area contributed by atoms with E-state index < -0.39 is 0 Å². The number of hydrogen-bond donors (Lipinski definition) is 0. The summed E-state index contributed by atoms with van der Waals surface area (Å²) in [5.74, 6) is 0.937. The maximum Gasteiger partial charge on any atom is 0.305 e. The molecule has 2 unspecified atom stereocenters. The smallest absolute Gasteiger partial charge is 0.305 e. The largest absolute Gasteiger partial charge is 0.469 e. The summed E-state index contributed by atoms with van der Waals surface area (Å²) < 4.78 is 4.63. The van der Waals surface area contributed by atoms with Crippen molar-refractivity contribution >= 4 is 11.8 Å². The predicted octanol–water partition coefficient (Wildman–Crippen LogP) is 1.47. The summed E-state index contributed by atoms with van der Waals surface area (Å²) in [4.78, 5) is 22.1. The van der Waals surface area contributed by atoms with Crippen molar-refractivity contribution < 1.29 is 14.3 Å². The molecule has 1 fully saturated rings. The Labute approximate surface area is 83.1 Å². The number of ether oxygens (including phenoxy) is 1. The summed E-state index contributed by atoms with van der Waals surface area (Å²) in [7, 11) is 1.42. The van der Waals surface area contributed by atoms with E-state index in [0.29, 0.717) is 24.7 Å². The molecule has 0 N–H and O–H groups in total. The quantitative estimate of drug-likeness (QED) is 0.625. The molecule has 0 aromatic rings. The topological polar surface area (TPSA) is 43.4 Å². The fourth-order valence-electron chi connectivity index (χ4n) is 2.51. The van der Waals surface area contributed by atoms with Crippen LogP contribution in [0.4, 0.5) is 0 Å². The highest BCUT2D eigenvalue weighted by atomic mass is 16.5. The summed E-state index contributed by atoms with van der Waals surface area (Å²) in [6.45, 7) is 0. The van der Waals surface area contributed by atoms with Gasteiger partial charge in [0.05, 0.1) is 7.11 Å². The van der Waals surface area contributed by atoms with E-state index in [4.69, 9.17) is 0 Å². The number of hydrogen-bond acceptors (Lipinski definition) is 3. The van der Waals surface area contributed by atoms with Gasteiger partial charge in [0.15, 0.2) is 5.78 Å². The maximum absolute atomic E-state index is 11.1. The average molecular weight is 194 g/mol. The zero-order chi connectivity index (χ0) is 10.1. The van der Waals surface area contributed by atoms with Crippen LogP contribution in [0.2, 0.25) is 0 Å².